The van der Waals surface area contributed by atoms with Crippen LogP contribution in [-0.2, 0) is 18.4 Å². The molecule has 4 heterocycles. The molecule has 0 fully saturated rings. The van der Waals surface area contributed by atoms with Gasteiger partial charge in [0.05, 0.1) is 6.54 Å². The zero-order chi connectivity index (χ0) is 31.4. The smallest absolute Gasteiger partial charge is 0.181 e. The van der Waals surface area contributed by atoms with Crippen LogP contribution in [0.2, 0.25) is 0 Å². The number of rotatable bonds is 4. The van der Waals surface area contributed by atoms with Gasteiger partial charge in [-0.2, -0.15) is 0 Å². The predicted octanol–water partition coefficient (Wildman–Crippen LogP) is 8.78. The van der Waals surface area contributed by atoms with E-state index in [1.54, 1.807) is 0 Å². The van der Waals surface area contributed by atoms with Crippen molar-refractivity contribution in [2.45, 2.75) is 25.3 Å². The number of hydrogen-bond acceptors (Lipinski definition) is 10. The molecule has 4 aromatic carbocycles. The molecule has 0 unspecified atom stereocenters. The SMILES string of the molecule is BrCc1ccc2ocnc2c1.Cc1ccc2ocnc2c1.NCc1ccc2ocnc2c1.[N-]=[N+]=NCc1ccc2ocnc2c1. The highest BCUT2D eigenvalue weighted by molar-refractivity contribution is 9.08. The van der Waals surface area contributed by atoms with E-state index in [2.05, 4.69) is 45.9 Å². The molecule has 8 aromatic rings. The molecule has 8 rings (SSSR count). The maximum Gasteiger partial charge on any atom is 0.181 e. The Hall–Kier alpha value is -5.49. The van der Waals surface area contributed by atoms with Crippen LogP contribution >= 0.6 is 15.9 Å². The minimum Gasteiger partial charge on any atom is -0.443 e. The first kappa shape index (κ1) is 31.0. The number of aryl methyl sites for hydroxylation is 1. The fraction of sp³-hybridized carbons (Fsp3) is 0.125. The first-order valence-corrected chi connectivity index (χ1v) is 14.7. The van der Waals surface area contributed by atoms with Crippen molar-refractivity contribution < 1.29 is 17.7 Å². The molecule has 13 heteroatoms. The Bertz CT molecular complexity index is 2100. The van der Waals surface area contributed by atoms with E-state index >= 15 is 0 Å². The Morgan fingerprint density at radius 1 is 0.644 bits per heavy atom. The highest BCUT2D eigenvalue weighted by atomic mass is 79.9. The van der Waals surface area contributed by atoms with E-state index in [1.807, 2.05) is 79.7 Å². The van der Waals surface area contributed by atoms with Crippen molar-refractivity contribution in [3.63, 3.8) is 0 Å². The average molecular weight is 668 g/mol. The molecule has 12 nitrogen and oxygen atoms in total. The number of azide groups is 1. The lowest BCUT2D eigenvalue weighted by atomic mass is 10.2. The number of hydrogen-bond donors (Lipinski definition) is 1. The van der Waals surface area contributed by atoms with E-state index in [-0.39, 0.29) is 0 Å². The lowest BCUT2D eigenvalue weighted by molar-refractivity contribution is 0.602. The Morgan fingerprint density at radius 3 is 1.56 bits per heavy atom. The quantitative estimate of drug-likeness (QED) is 0.0831. The van der Waals surface area contributed by atoms with Gasteiger partial charge in [0.2, 0.25) is 0 Å². The third kappa shape index (κ3) is 8.33. The van der Waals surface area contributed by atoms with E-state index in [9.17, 15) is 0 Å². The van der Waals surface area contributed by atoms with Crippen molar-refractivity contribution in [1.82, 2.24) is 19.9 Å². The molecule has 0 aliphatic rings. The van der Waals surface area contributed by atoms with E-state index < -0.39 is 0 Å². The minimum atomic E-state index is 0.347. The second-order valence-corrected chi connectivity index (χ2v) is 10.1. The first-order chi connectivity index (χ1) is 22.1. The van der Waals surface area contributed by atoms with Gasteiger partial charge in [-0.05, 0) is 83.2 Å². The van der Waals surface area contributed by atoms with Crippen LogP contribution in [0.5, 0.6) is 0 Å². The van der Waals surface area contributed by atoms with Crippen LogP contribution < -0.4 is 5.73 Å². The van der Waals surface area contributed by atoms with Gasteiger partial charge in [-0.3, -0.25) is 0 Å². The van der Waals surface area contributed by atoms with Gasteiger partial charge >= 0.3 is 0 Å². The number of benzene rings is 4. The molecular weight excluding hydrogens is 640 g/mol. The molecule has 4 aromatic heterocycles. The first-order valence-electron chi connectivity index (χ1n) is 13.6. The Balaban J connectivity index is 0.000000119. The van der Waals surface area contributed by atoms with Gasteiger partial charge in [-0.15, -0.1) is 0 Å². The Kier molecular flexibility index (Phi) is 10.5. The average Bonchev–Trinajstić information content (AvgIpc) is 3.90. The van der Waals surface area contributed by atoms with Crippen molar-refractivity contribution in [2.75, 3.05) is 0 Å². The van der Waals surface area contributed by atoms with Crippen LogP contribution in [0.4, 0.5) is 0 Å². The number of nitrogens with zero attached hydrogens (tertiary/aromatic N) is 7. The summed E-state index contributed by atoms with van der Waals surface area (Å²) >= 11 is 3.37. The molecule has 0 atom stereocenters. The summed E-state index contributed by atoms with van der Waals surface area (Å²) in [4.78, 5) is 18.7. The van der Waals surface area contributed by atoms with Gasteiger partial charge in [0, 0.05) is 16.8 Å². The van der Waals surface area contributed by atoms with Crippen LogP contribution in [0.15, 0.2) is 121 Å². The molecule has 2 N–H and O–H groups in total. The molecule has 0 saturated heterocycles. The normalized spacial score (nSPS) is 10.4. The predicted molar refractivity (Wildman–Crippen MR) is 174 cm³/mol. The molecule has 0 saturated carbocycles. The molecule has 0 aliphatic carbocycles. The zero-order valence-electron chi connectivity index (χ0n) is 24.1. The van der Waals surface area contributed by atoms with Crippen molar-refractivity contribution in [3.05, 3.63) is 131 Å². The van der Waals surface area contributed by atoms with Gasteiger partial charge in [0.1, 0.15) is 22.1 Å². The van der Waals surface area contributed by atoms with Gasteiger partial charge in [-0.25, -0.2) is 19.9 Å². The molecule has 45 heavy (non-hydrogen) atoms. The molecule has 0 bridgehead atoms. The maximum absolute atomic E-state index is 8.13. The summed E-state index contributed by atoms with van der Waals surface area (Å²) < 4.78 is 20.3. The monoisotopic (exact) mass is 666 g/mol. The topological polar surface area (TPSA) is 179 Å². The van der Waals surface area contributed by atoms with Crippen molar-refractivity contribution in [3.8, 4) is 0 Å². The van der Waals surface area contributed by atoms with Crippen LogP contribution in [0.1, 0.15) is 22.3 Å². The summed E-state index contributed by atoms with van der Waals surface area (Å²) in [5, 5.41) is 4.31. The van der Waals surface area contributed by atoms with Gasteiger partial charge in [0.15, 0.2) is 47.9 Å². The second kappa shape index (κ2) is 15.3. The summed E-state index contributed by atoms with van der Waals surface area (Å²) in [5.41, 5.74) is 24.7. The molecule has 226 valence electrons. The van der Waals surface area contributed by atoms with Crippen molar-refractivity contribution in [1.29, 1.82) is 0 Å². The summed E-state index contributed by atoms with van der Waals surface area (Å²) in [6.07, 6.45) is 5.75. The Morgan fingerprint density at radius 2 is 1.07 bits per heavy atom. The van der Waals surface area contributed by atoms with E-state index in [4.69, 9.17) is 28.9 Å². The van der Waals surface area contributed by atoms with Crippen LogP contribution in [0.25, 0.3) is 54.8 Å². The van der Waals surface area contributed by atoms with Crippen LogP contribution in [-0.4, -0.2) is 19.9 Å². The highest BCUT2D eigenvalue weighted by Crippen LogP contribution is 2.17. The highest BCUT2D eigenvalue weighted by Gasteiger charge is 2.00. The molecule has 0 spiro atoms. The number of halogens is 1. The van der Waals surface area contributed by atoms with Gasteiger partial charge < -0.3 is 23.4 Å². The summed E-state index contributed by atoms with van der Waals surface area (Å²) in [6, 6.07) is 23.1. The fourth-order valence-corrected chi connectivity index (χ4v) is 4.45. The van der Waals surface area contributed by atoms with Gasteiger partial charge in [0.25, 0.3) is 0 Å². The third-order valence-corrected chi connectivity index (χ3v) is 7.02. The lowest BCUT2D eigenvalue weighted by Crippen LogP contribution is -1.94. The number of aromatic nitrogens is 4. The minimum absolute atomic E-state index is 0.347. The van der Waals surface area contributed by atoms with E-state index in [0.29, 0.717) is 13.1 Å². The molecular formula is C32H27BrN8O4. The van der Waals surface area contributed by atoms with Crippen LogP contribution in [0, 0.1) is 6.92 Å². The maximum atomic E-state index is 8.13. The zero-order valence-corrected chi connectivity index (χ0v) is 25.7. The molecule has 0 amide bonds. The standard InChI is InChI=1S/C8H6BrNO.C8H6N4O.C8H8N2O.C8H7NO/c9-4-6-1-2-8-7(3-6)10-5-11-8;9-12-11-4-6-1-2-8-7(3-6)10-5-13-8;9-4-6-1-2-8-7(3-6)10-5-11-8;1-6-2-3-8-7(4-6)9-5-10-8/h1-3,5H,4H2;1-3,5H,4H2;1-3,5H,4,9H2;2-5H,1H3. The number of fused-ring (bicyclic) bond motifs is 4. The summed E-state index contributed by atoms with van der Waals surface area (Å²) in [5.74, 6) is 0. The number of alkyl halides is 1. The van der Waals surface area contributed by atoms with Crippen LogP contribution in [0.3, 0.4) is 0 Å². The second-order valence-electron chi connectivity index (χ2n) is 9.51. The third-order valence-electron chi connectivity index (χ3n) is 6.38. The number of oxazole rings is 4. The van der Waals surface area contributed by atoms with Crippen molar-refractivity contribution in [2.24, 2.45) is 10.8 Å². The molecule has 0 aliphatic heterocycles. The molecule has 0 radical (unpaired) electrons. The van der Waals surface area contributed by atoms with E-state index in [1.165, 1.54) is 36.7 Å². The fourth-order valence-electron chi connectivity index (χ4n) is 4.10. The Labute approximate surface area is 264 Å². The largest absolute Gasteiger partial charge is 0.443 e. The van der Waals surface area contributed by atoms with Gasteiger partial charge in [-0.1, -0.05) is 45.3 Å². The summed E-state index contributed by atoms with van der Waals surface area (Å²) in [6.45, 7) is 2.93. The summed E-state index contributed by atoms with van der Waals surface area (Å²) in [7, 11) is 0. The lowest BCUT2D eigenvalue weighted by Gasteiger charge is -1.92. The van der Waals surface area contributed by atoms with E-state index in [0.717, 1.165) is 60.9 Å². The number of nitrogens with two attached hydrogens (primary N) is 1. The van der Waals surface area contributed by atoms with Crippen molar-refractivity contribution >= 4 is 60.3 Å².